The third-order valence-corrected chi connectivity index (χ3v) is 3.05. The van der Waals surface area contributed by atoms with Crippen molar-refractivity contribution in [2.75, 3.05) is 13.6 Å². The standard InChI is InChI=1S/C12H22N2O2/c1-5-6-12(2,3)13-11(16)9-7-10(15)14(4)8-9/h9H,5-8H2,1-4H3,(H,13,16)/t9-/m1/s1. The molecule has 1 atom stereocenters. The Hall–Kier alpha value is -1.06. The zero-order chi connectivity index (χ0) is 12.3. The summed E-state index contributed by atoms with van der Waals surface area (Å²) in [4.78, 5) is 24.9. The lowest BCUT2D eigenvalue weighted by atomic mass is 9.97. The van der Waals surface area contributed by atoms with Crippen LogP contribution in [0.4, 0.5) is 0 Å². The van der Waals surface area contributed by atoms with Gasteiger partial charge in [-0.25, -0.2) is 0 Å². The first-order valence-corrected chi connectivity index (χ1v) is 5.91. The number of amides is 2. The van der Waals surface area contributed by atoms with Crippen LogP contribution in [0.3, 0.4) is 0 Å². The van der Waals surface area contributed by atoms with E-state index in [1.165, 1.54) is 0 Å². The molecule has 1 aliphatic rings. The van der Waals surface area contributed by atoms with E-state index in [0.29, 0.717) is 13.0 Å². The van der Waals surface area contributed by atoms with Gasteiger partial charge in [-0.2, -0.15) is 0 Å². The van der Waals surface area contributed by atoms with Crippen molar-refractivity contribution in [1.82, 2.24) is 10.2 Å². The van der Waals surface area contributed by atoms with E-state index in [-0.39, 0.29) is 23.3 Å². The summed E-state index contributed by atoms with van der Waals surface area (Å²) in [6.45, 7) is 6.69. The molecular formula is C12H22N2O2. The first-order chi connectivity index (χ1) is 7.35. The zero-order valence-electron chi connectivity index (χ0n) is 10.7. The molecule has 0 aromatic rings. The molecule has 0 spiro atoms. The van der Waals surface area contributed by atoms with Crippen LogP contribution in [-0.2, 0) is 9.59 Å². The second-order valence-electron chi connectivity index (χ2n) is 5.30. The summed E-state index contributed by atoms with van der Waals surface area (Å²) in [7, 11) is 1.74. The largest absolute Gasteiger partial charge is 0.351 e. The van der Waals surface area contributed by atoms with E-state index in [0.717, 1.165) is 12.8 Å². The van der Waals surface area contributed by atoms with Crippen LogP contribution in [0.5, 0.6) is 0 Å². The van der Waals surface area contributed by atoms with E-state index < -0.39 is 0 Å². The van der Waals surface area contributed by atoms with Gasteiger partial charge in [0.25, 0.3) is 0 Å². The first kappa shape index (κ1) is 13.0. The van der Waals surface area contributed by atoms with Crippen LogP contribution in [-0.4, -0.2) is 35.8 Å². The number of carbonyl (C=O) groups excluding carboxylic acids is 2. The summed E-state index contributed by atoms with van der Waals surface area (Å²) in [5, 5.41) is 3.02. The number of hydrogen-bond acceptors (Lipinski definition) is 2. The lowest BCUT2D eigenvalue weighted by Gasteiger charge is -2.27. The van der Waals surface area contributed by atoms with Gasteiger partial charge in [0.1, 0.15) is 0 Å². The molecule has 4 nitrogen and oxygen atoms in total. The van der Waals surface area contributed by atoms with Crippen molar-refractivity contribution in [2.45, 2.75) is 45.6 Å². The number of hydrogen-bond donors (Lipinski definition) is 1. The van der Waals surface area contributed by atoms with Crippen molar-refractivity contribution in [3.8, 4) is 0 Å². The smallest absolute Gasteiger partial charge is 0.225 e. The Morgan fingerprint density at radius 1 is 1.56 bits per heavy atom. The van der Waals surface area contributed by atoms with Gasteiger partial charge in [-0.15, -0.1) is 0 Å². The molecule has 0 aromatic carbocycles. The second kappa shape index (κ2) is 4.85. The zero-order valence-corrected chi connectivity index (χ0v) is 10.7. The molecule has 4 heteroatoms. The minimum Gasteiger partial charge on any atom is -0.351 e. The molecule has 0 bridgehead atoms. The highest BCUT2D eigenvalue weighted by Crippen LogP contribution is 2.18. The Bertz CT molecular complexity index is 287. The van der Waals surface area contributed by atoms with Gasteiger partial charge in [-0.05, 0) is 20.3 Å². The first-order valence-electron chi connectivity index (χ1n) is 5.91. The Morgan fingerprint density at radius 3 is 2.62 bits per heavy atom. The molecule has 1 aliphatic heterocycles. The van der Waals surface area contributed by atoms with E-state index in [4.69, 9.17) is 0 Å². The van der Waals surface area contributed by atoms with Crippen molar-refractivity contribution in [2.24, 2.45) is 5.92 Å². The normalized spacial score (nSPS) is 21.4. The minimum atomic E-state index is -0.173. The van der Waals surface area contributed by atoms with Gasteiger partial charge in [0.15, 0.2) is 0 Å². The van der Waals surface area contributed by atoms with Crippen molar-refractivity contribution >= 4 is 11.8 Å². The van der Waals surface area contributed by atoms with Gasteiger partial charge >= 0.3 is 0 Å². The van der Waals surface area contributed by atoms with Crippen molar-refractivity contribution in [1.29, 1.82) is 0 Å². The highest BCUT2D eigenvalue weighted by atomic mass is 16.2. The van der Waals surface area contributed by atoms with E-state index in [1.54, 1.807) is 11.9 Å². The Labute approximate surface area is 97.4 Å². The quantitative estimate of drug-likeness (QED) is 0.782. The number of likely N-dealkylation sites (tertiary alicyclic amines) is 1. The van der Waals surface area contributed by atoms with Gasteiger partial charge in [-0.1, -0.05) is 13.3 Å². The van der Waals surface area contributed by atoms with E-state index >= 15 is 0 Å². The van der Waals surface area contributed by atoms with Gasteiger partial charge < -0.3 is 10.2 Å². The van der Waals surface area contributed by atoms with Crippen LogP contribution in [0.1, 0.15) is 40.0 Å². The lowest BCUT2D eigenvalue weighted by molar-refractivity contribution is -0.129. The number of nitrogens with zero attached hydrogens (tertiary/aromatic N) is 1. The summed E-state index contributed by atoms with van der Waals surface area (Å²) in [6.07, 6.45) is 2.34. The summed E-state index contributed by atoms with van der Waals surface area (Å²) in [6, 6.07) is 0. The third kappa shape index (κ3) is 3.22. The molecule has 1 rings (SSSR count). The summed E-state index contributed by atoms with van der Waals surface area (Å²) < 4.78 is 0. The van der Waals surface area contributed by atoms with Crippen molar-refractivity contribution < 1.29 is 9.59 Å². The fourth-order valence-electron chi connectivity index (χ4n) is 2.16. The Morgan fingerprint density at radius 2 is 2.19 bits per heavy atom. The molecule has 0 saturated carbocycles. The lowest BCUT2D eigenvalue weighted by Crippen LogP contribution is -2.46. The maximum Gasteiger partial charge on any atom is 0.225 e. The monoisotopic (exact) mass is 226 g/mol. The van der Waals surface area contributed by atoms with Crippen LogP contribution in [0.15, 0.2) is 0 Å². The second-order valence-corrected chi connectivity index (χ2v) is 5.30. The SMILES string of the molecule is CCCC(C)(C)NC(=O)[C@@H]1CC(=O)N(C)C1. The predicted molar refractivity (Wildman–Crippen MR) is 62.9 cm³/mol. The molecule has 0 unspecified atom stereocenters. The molecule has 0 aliphatic carbocycles. The molecule has 1 N–H and O–H groups in total. The minimum absolute atomic E-state index is 0.0103. The number of rotatable bonds is 4. The van der Waals surface area contributed by atoms with Gasteiger partial charge in [0.05, 0.1) is 5.92 Å². The highest BCUT2D eigenvalue weighted by molar-refractivity contribution is 5.89. The molecule has 2 amide bonds. The van der Waals surface area contributed by atoms with Crippen LogP contribution in [0, 0.1) is 5.92 Å². The molecule has 92 valence electrons. The predicted octanol–water partition coefficient (Wildman–Crippen LogP) is 1.16. The van der Waals surface area contributed by atoms with Gasteiger partial charge in [0.2, 0.25) is 11.8 Å². The summed E-state index contributed by atoms with van der Waals surface area (Å²) in [5.41, 5.74) is -0.171. The maximum absolute atomic E-state index is 11.9. The van der Waals surface area contributed by atoms with E-state index in [2.05, 4.69) is 12.2 Å². The van der Waals surface area contributed by atoms with E-state index in [1.807, 2.05) is 13.8 Å². The fraction of sp³-hybridized carbons (Fsp3) is 0.833. The molecule has 16 heavy (non-hydrogen) atoms. The van der Waals surface area contributed by atoms with Crippen LogP contribution < -0.4 is 5.32 Å². The highest BCUT2D eigenvalue weighted by Gasteiger charge is 2.34. The van der Waals surface area contributed by atoms with Crippen molar-refractivity contribution in [3.05, 3.63) is 0 Å². The van der Waals surface area contributed by atoms with Gasteiger partial charge in [-0.3, -0.25) is 9.59 Å². The van der Waals surface area contributed by atoms with Crippen molar-refractivity contribution in [3.63, 3.8) is 0 Å². The molecule has 1 fully saturated rings. The average Bonchev–Trinajstić information content (AvgIpc) is 2.46. The van der Waals surface area contributed by atoms with Gasteiger partial charge in [0, 0.05) is 25.6 Å². The molecule has 1 heterocycles. The Balaban J connectivity index is 2.50. The summed E-state index contributed by atoms with van der Waals surface area (Å²) >= 11 is 0. The summed E-state index contributed by atoms with van der Waals surface area (Å²) in [5.74, 6) is -0.0989. The molecule has 1 saturated heterocycles. The third-order valence-electron chi connectivity index (χ3n) is 3.05. The molecular weight excluding hydrogens is 204 g/mol. The molecule has 0 radical (unpaired) electrons. The Kier molecular flexibility index (Phi) is 3.94. The van der Waals surface area contributed by atoms with Crippen LogP contribution in [0.25, 0.3) is 0 Å². The fourth-order valence-corrected chi connectivity index (χ4v) is 2.16. The molecule has 0 aromatic heterocycles. The van der Waals surface area contributed by atoms with E-state index in [9.17, 15) is 9.59 Å². The number of carbonyl (C=O) groups is 2. The average molecular weight is 226 g/mol. The number of nitrogens with one attached hydrogen (secondary N) is 1. The topological polar surface area (TPSA) is 49.4 Å². The van der Waals surface area contributed by atoms with Crippen LogP contribution in [0.2, 0.25) is 0 Å². The van der Waals surface area contributed by atoms with Crippen LogP contribution >= 0.6 is 0 Å². The maximum atomic E-state index is 11.9.